The minimum atomic E-state index is 0. The smallest absolute Gasteiger partial charge is 0.209 e. The number of nitrogens with zero attached hydrogens (tertiary/aromatic N) is 2. The Bertz CT molecular complexity index is 1050. The second kappa shape index (κ2) is 6.44. The first-order valence-electron chi connectivity index (χ1n) is 8.85. The third kappa shape index (κ3) is 2.52. The van der Waals surface area contributed by atoms with E-state index in [1.54, 1.807) is 0 Å². The number of fused-ring (bicyclic) bond motifs is 2. The Morgan fingerprint density at radius 2 is 1.62 bits per heavy atom. The van der Waals surface area contributed by atoms with Crippen molar-refractivity contribution in [1.29, 1.82) is 0 Å². The van der Waals surface area contributed by atoms with Gasteiger partial charge in [-0.15, -0.1) is 0 Å². The molecule has 2 heterocycles. The summed E-state index contributed by atoms with van der Waals surface area (Å²) in [6.45, 7) is 6.82. The van der Waals surface area contributed by atoms with E-state index in [9.17, 15) is 0 Å². The van der Waals surface area contributed by atoms with Crippen molar-refractivity contribution in [3.8, 4) is 0 Å². The lowest BCUT2D eigenvalue weighted by Gasteiger charge is -2.15. The fraction of sp³-hybridized carbons (Fsp3) is 0.261. The number of benzene rings is 2. The molecule has 0 atom stereocenters. The van der Waals surface area contributed by atoms with Crippen LogP contribution in [0.25, 0.3) is 17.0 Å². The fourth-order valence-electron chi connectivity index (χ4n) is 4.22. The van der Waals surface area contributed by atoms with Gasteiger partial charge in [-0.05, 0) is 32.9 Å². The maximum Gasteiger partial charge on any atom is 0.209 e. The Morgan fingerprint density at radius 1 is 0.962 bits per heavy atom. The van der Waals surface area contributed by atoms with Crippen molar-refractivity contribution in [1.82, 2.24) is 4.57 Å². The molecule has 0 aliphatic carbocycles. The monoisotopic (exact) mass is 364 g/mol. The third-order valence-corrected chi connectivity index (χ3v) is 5.80. The van der Waals surface area contributed by atoms with Crippen molar-refractivity contribution in [2.24, 2.45) is 7.05 Å². The van der Waals surface area contributed by atoms with Crippen molar-refractivity contribution in [2.75, 3.05) is 7.05 Å². The molecule has 0 radical (unpaired) electrons. The number of para-hydroxylation sites is 2. The minimum Gasteiger partial charge on any atom is -1.00 e. The molecule has 1 aromatic heterocycles. The highest BCUT2D eigenvalue weighted by Gasteiger charge is 2.42. The predicted octanol–water partition coefficient (Wildman–Crippen LogP) is 2.21. The Labute approximate surface area is 161 Å². The van der Waals surface area contributed by atoms with E-state index in [0.717, 1.165) is 0 Å². The number of aryl methyl sites for hydroxylation is 1. The van der Waals surface area contributed by atoms with Crippen LogP contribution in [0, 0.1) is 6.92 Å². The highest BCUT2D eigenvalue weighted by molar-refractivity contribution is 6.06. The molecule has 0 amide bonds. The molecule has 0 bridgehead atoms. The zero-order chi connectivity index (χ0) is 17.8. The molecule has 3 heteroatoms. The summed E-state index contributed by atoms with van der Waals surface area (Å²) in [6, 6.07) is 17.3. The lowest BCUT2D eigenvalue weighted by Crippen LogP contribution is -3.00. The summed E-state index contributed by atoms with van der Waals surface area (Å²) in [7, 11) is 4.31. The summed E-state index contributed by atoms with van der Waals surface area (Å²) in [4.78, 5) is 0. The molecule has 0 unspecified atom stereocenters. The number of halogens is 1. The van der Waals surface area contributed by atoms with E-state index in [2.05, 4.69) is 105 Å². The van der Waals surface area contributed by atoms with Gasteiger partial charge in [0, 0.05) is 46.9 Å². The predicted molar refractivity (Wildman–Crippen MR) is 107 cm³/mol. The molecule has 4 rings (SSSR count). The SMILES string of the molecule is Cc1c(/C=C/C2=[N+](C)c3ccccc3C2(C)C)c2ccccc2n1C.[Cl-]. The van der Waals surface area contributed by atoms with E-state index in [-0.39, 0.29) is 17.8 Å². The molecule has 1 aliphatic rings. The summed E-state index contributed by atoms with van der Waals surface area (Å²) in [5.74, 6) is 0. The number of hydrogen-bond acceptors (Lipinski definition) is 0. The molecule has 0 spiro atoms. The van der Waals surface area contributed by atoms with Gasteiger partial charge in [0.1, 0.15) is 7.05 Å². The summed E-state index contributed by atoms with van der Waals surface area (Å²) in [5, 5.41) is 1.32. The zero-order valence-corrected chi connectivity index (χ0v) is 16.8. The molecule has 0 N–H and O–H groups in total. The molecule has 0 fully saturated rings. The first-order chi connectivity index (χ1) is 11.9. The van der Waals surface area contributed by atoms with Crippen LogP contribution in [0.2, 0.25) is 0 Å². The normalized spacial score (nSPS) is 15.6. The third-order valence-electron chi connectivity index (χ3n) is 5.80. The van der Waals surface area contributed by atoms with Gasteiger partial charge in [0.2, 0.25) is 5.69 Å². The highest BCUT2D eigenvalue weighted by Crippen LogP contribution is 2.39. The molecule has 26 heavy (non-hydrogen) atoms. The number of allylic oxidation sites excluding steroid dienone is 1. The van der Waals surface area contributed by atoms with Gasteiger partial charge < -0.3 is 17.0 Å². The van der Waals surface area contributed by atoms with Gasteiger partial charge in [-0.25, -0.2) is 0 Å². The molecule has 0 saturated heterocycles. The summed E-state index contributed by atoms with van der Waals surface area (Å²) in [5.41, 5.74) is 7.95. The fourth-order valence-corrected chi connectivity index (χ4v) is 4.22. The largest absolute Gasteiger partial charge is 1.00 e. The second-order valence-corrected chi connectivity index (χ2v) is 7.49. The molecule has 2 aromatic carbocycles. The first-order valence-corrected chi connectivity index (χ1v) is 8.85. The van der Waals surface area contributed by atoms with Crippen LogP contribution in [0.5, 0.6) is 0 Å². The minimum absolute atomic E-state index is 0. The van der Waals surface area contributed by atoms with Crippen molar-refractivity contribution in [2.45, 2.75) is 26.2 Å². The second-order valence-electron chi connectivity index (χ2n) is 7.49. The van der Waals surface area contributed by atoms with Crippen LogP contribution >= 0.6 is 0 Å². The quantitative estimate of drug-likeness (QED) is 0.616. The van der Waals surface area contributed by atoms with Gasteiger partial charge in [-0.3, -0.25) is 0 Å². The molecule has 134 valence electrons. The number of aromatic nitrogens is 1. The zero-order valence-electron chi connectivity index (χ0n) is 16.0. The maximum atomic E-state index is 2.33. The lowest BCUT2D eigenvalue weighted by molar-refractivity contribution is -0.401. The van der Waals surface area contributed by atoms with Crippen LogP contribution < -0.4 is 12.4 Å². The molecule has 1 aliphatic heterocycles. The van der Waals surface area contributed by atoms with Gasteiger partial charge in [0.05, 0.1) is 5.41 Å². The molecule has 0 saturated carbocycles. The van der Waals surface area contributed by atoms with Crippen molar-refractivity contribution >= 4 is 28.4 Å². The maximum absolute atomic E-state index is 2.33. The Hall–Kier alpha value is -2.32. The lowest BCUT2D eigenvalue weighted by atomic mass is 9.81. The number of rotatable bonds is 2. The van der Waals surface area contributed by atoms with Gasteiger partial charge in [-0.1, -0.05) is 36.4 Å². The van der Waals surface area contributed by atoms with Gasteiger partial charge >= 0.3 is 0 Å². The van der Waals surface area contributed by atoms with E-state index in [1.165, 1.54) is 39.1 Å². The standard InChI is InChI=1S/C23H25N2.ClH/c1-16-17(18-10-6-8-12-20(18)24(16)4)14-15-22-23(2,3)19-11-7-9-13-21(19)25(22)5;/h6-15H,1-5H3;1H/q+1;/p-1. The van der Waals surface area contributed by atoms with Crippen molar-refractivity contribution in [3.63, 3.8) is 0 Å². The van der Waals surface area contributed by atoms with Gasteiger partial charge in [-0.2, -0.15) is 4.58 Å². The van der Waals surface area contributed by atoms with Crippen LogP contribution in [0.3, 0.4) is 0 Å². The molecule has 3 aromatic rings. The van der Waals surface area contributed by atoms with Gasteiger partial charge in [0.15, 0.2) is 5.71 Å². The first kappa shape index (κ1) is 18.5. The molecular formula is C23H25ClN2. The Balaban J connectivity index is 0.00000196. The van der Waals surface area contributed by atoms with Crippen LogP contribution in [0.15, 0.2) is 54.6 Å². The Kier molecular flexibility index (Phi) is 4.58. The van der Waals surface area contributed by atoms with Crippen LogP contribution in [0.1, 0.15) is 30.7 Å². The van der Waals surface area contributed by atoms with Gasteiger partial charge in [0.25, 0.3) is 0 Å². The molecule has 2 nitrogen and oxygen atoms in total. The van der Waals surface area contributed by atoms with E-state index < -0.39 is 0 Å². The van der Waals surface area contributed by atoms with E-state index >= 15 is 0 Å². The number of hydrogen-bond donors (Lipinski definition) is 0. The highest BCUT2D eigenvalue weighted by atomic mass is 35.5. The summed E-state index contributed by atoms with van der Waals surface area (Å²) >= 11 is 0. The van der Waals surface area contributed by atoms with Crippen LogP contribution in [-0.4, -0.2) is 21.9 Å². The van der Waals surface area contributed by atoms with Crippen molar-refractivity contribution < 1.29 is 17.0 Å². The Morgan fingerprint density at radius 3 is 2.35 bits per heavy atom. The molecular weight excluding hydrogens is 340 g/mol. The summed E-state index contributed by atoms with van der Waals surface area (Å²) in [6.07, 6.45) is 4.59. The van der Waals surface area contributed by atoms with Crippen molar-refractivity contribution in [3.05, 3.63) is 71.4 Å². The van der Waals surface area contributed by atoms with E-state index in [4.69, 9.17) is 0 Å². The topological polar surface area (TPSA) is 7.94 Å². The summed E-state index contributed by atoms with van der Waals surface area (Å²) < 4.78 is 4.60. The average Bonchev–Trinajstić information content (AvgIpc) is 2.97. The van der Waals surface area contributed by atoms with E-state index in [1.807, 2.05) is 0 Å². The van der Waals surface area contributed by atoms with E-state index in [0.29, 0.717) is 0 Å². The van der Waals surface area contributed by atoms with Crippen LogP contribution in [-0.2, 0) is 12.5 Å². The average molecular weight is 365 g/mol. The van der Waals surface area contributed by atoms with Crippen LogP contribution in [0.4, 0.5) is 5.69 Å².